The fraction of sp³-hybridized carbons (Fsp3) is 0.109. The third-order valence-electron chi connectivity index (χ3n) is 9.84. The molecule has 2 N–H and O–H groups in total. The first-order valence-electron chi connectivity index (χ1n) is 19.1. The van der Waals surface area contributed by atoms with Crippen LogP contribution in [-0.4, -0.2) is 57.6 Å². The number of benzene rings is 3. The SMILES string of the molecule is CC(=O)c1cc2ccc(Cl)n2c(=O)n1-c1ccccc1.CC(N)c1cc2ccc(Cl)n2c(=O)n1-c1ccccc1.CN(C)C(=O)c1cc2ccc(Cl)n2c(=O)n1-c1ccccc1. The largest absolute Gasteiger partial charge is 0.343 e. The maximum absolute atomic E-state index is 12.8. The second-order valence-corrected chi connectivity index (χ2v) is 15.4. The van der Waals surface area contributed by atoms with Crippen LogP contribution in [0.15, 0.2) is 160 Å². The number of hydrogen-bond acceptors (Lipinski definition) is 6. The average Bonchev–Trinajstić information content (AvgIpc) is 3.97. The first kappa shape index (κ1) is 43.2. The van der Waals surface area contributed by atoms with Crippen LogP contribution in [0, 0.1) is 0 Å². The lowest BCUT2D eigenvalue weighted by molar-refractivity contribution is 0.0818. The number of carbonyl (C=O) groups excluding carboxylic acids is 2. The molecule has 13 nitrogen and oxygen atoms in total. The summed E-state index contributed by atoms with van der Waals surface area (Å²) in [6.45, 7) is 3.30. The molecular formula is C46H39Cl3N8O5. The normalized spacial score (nSPS) is 11.5. The molecule has 0 radical (unpaired) electrons. The van der Waals surface area contributed by atoms with Crippen LogP contribution in [0.5, 0.6) is 0 Å². The van der Waals surface area contributed by atoms with Crippen molar-refractivity contribution in [1.82, 2.24) is 31.8 Å². The van der Waals surface area contributed by atoms with Crippen LogP contribution in [0.3, 0.4) is 0 Å². The average molecular weight is 890 g/mol. The molecule has 0 aliphatic carbocycles. The van der Waals surface area contributed by atoms with Gasteiger partial charge < -0.3 is 10.6 Å². The molecule has 6 aromatic heterocycles. The van der Waals surface area contributed by atoms with E-state index >= 15 is 0 Å². The summed E-state index contributed by atoms with van der Waals surface area (Å²) in [5.74, 6) is -0.424. The molecule has 9 aromatic rings. The zero-order valence-electron chi connectivity index (χ0n) is 33.8. The summed E-state index contributed by atoms with van der Waals surface area (Å²) in [6.07, 6.45) is 0. The van der Waals surface area contributed by atoms with Gasteiger partial charge in [-0.25, -0.2) is 14.4 Å². The van der Waals surface area contributed by atoms with Crippen LogP contribution in [0.2, 0.25) is 15.5 Å². The molecule has 3 aromatic carbocycles. The second-order valence-electron chi connectivity index (χ2n) is 14.3. The first-order chi connectivity index (χ1) is 29.7. The number of amides is 1. The number of carbonyl (C=O) groups is 2. The highest BCUT2D eigenvalue weighted by atomic mass is 35.5. The molecule has 62 heavy (non-hydrogen) atoms. The zero-order valence-corrected chi connectivity index (χ0v) is 36.1. The fourth-order valence-electron chi connectivity index (χ4n) is 6.94. The van der Waals surface area contributed by atoms with Gasteiger partial charge in [0.1, 0.15) is 21.2 Å². The molecule has 0 bridgehead atoms. The maximum atomic E-state index is 12.8. The summed E-state index contributed by atoms with van der Waals surface area (Å²) in [6, 6.07) is 42.7. The van der Waals surface area contributed by atoms with Crippen molar-refractivity contribution in [2.45, 2.75) is 19.9 Å². The Bertz CT molecular complexity index is 3290. The van der Waals surface area contributed by atoms with Crippen LogP contribution < -0.4 is 22.8 Å². The molecule has 0 saturated carbocycles. The van der Waals surface area contributed by atoms with Gasteiger partial charge in [0.05, 0.1) is 39.3 Å². The van der Waals surface area contributed by atoms with Crippen LogP contribution in [0.1, 0.15) is 46.6 Å². The Morgan fingerprint density at radius 3 is 1.23 bits per heavy atom. The van der Waals surface area contributed by atoms with Crippen LogP contribution in [-0.2, 0) is 0 Å². The Morgan fingerprint density at radius 1 is 0.516 bits per heavy atom. The number of aromatic nitrogens is 6. The van der Waals surface area contributed by atoms with E-state index in [2.05, 4.69) is 0 Å². The van der Waals surface area contributed by atoms with E-state index in [1.165, 1.54) is 34.2 Å². The fourth-order valence-corrected chi connectivity index (χ4v) is 7.63. The van der Waals surface area contributed by atoms with Gasteiger partial charge in [-0.05, 0) is 97.9 Å². The van der Waals surface area contributed by atoms with Crippen molar-refractivity contribution < 1.29 is 9.59 Å². The Balaban J connectivity index is 0.000000140. The molecule has 0 saturated heterocycles. The highest BCUT2D eigenvalue weighted by molar-refractivity contribution is 6.30. The number of rotatable bonds is 6. The maximum Gasteiger partial charge on any atom is 0.339 e. The monoisotopic (exact) mass is 888 g/mol. The first-order valence-corrected chi connectivity index (χ1v) is 20.3. The molecule has 0 aliphatic heterocycles. The van der Waals surface area contributed by atoms with Gasteiger partial charge in [-0.3, -0.25) is 36.5 Å². The van der Waals surface area contributed by atoms with Gasteiger partial charge in [-0.2, -0.15) is 0 Å². The van der Waals surface area contributed by atoms with E-state index in [1.54, 1.807) is 85.4 Å². The van der Waals surface area contributed by atoms with Gasteiger partial charge in [0, 0.05) is 32.8 Å². The zero-order chi connectivity index (χ0) is 44.4. The van der Waals surface area contributed by atoms with Crippen LogP contribution in [0.4, 0.5) is 0 Å². The number of nitrogens with two attached hydrogens (primary N) is 1. The highest BCUT2D eigenvalue weighted by Gasteiger charge is 2.20. The molecule has 314 valence electrons. The number of fused-ring (bicyclic) bond motifs is 3. The third-order valence-corrected chi connectivity index (χ3v) is 10.7. The Hall–Kier alpha value is -6.90. The molecule has 16 heteroatoms. The van der Waals surface area contributed by atoms with E-state index in [1.807, 2.05) is 85.8 Å². The summed E-state index contributed by atoms with van der Waals surface area (Å²) in [4.78, 5) is 63.9. The van der Waals surface area contributed by atoms with Gasteiger partial charge in [0.25, 0.3) is 5.91 Å². The van der Waals surface area contributed by atoms with E-state index in [0.717, 1.165) is 16.9 Å². The van der Waals surface area contributed by atoms with Crippen molar-refractivity contribution in [3.05, 3.63) is 210 Å². The lowest BCUT2D eigenvalue weighted by Gasteiger charge is -2.17. The van der Waals surface area contributed by atoms with Crippen molar-refractivity contribution in [2.75, 3.05) is 14.1 Å². The van der Waals surface area contributed by atoms with Crippen molar-refractivity contribution in [1.29, 1.82) is 0 Å². The van der Waals surface area contributed by atoms with E-state index < -0.39 is 0 Å². The summed E-state index contributed by atoms with van der Waals surface area (Å²) in [5, 5.41) is 1.03. The molecule has 6 heterocycles. The molecule has 1 amide bonds. The van der Waals surface area contributed by atoms with Crippen molar-refractivity contribution >= 4 is 63.0 Å². The number of para-hydroxylation sites is 3. The number of ketones is 1. The number of Topliss-reactive ketones (excluding diaryl/α,β-unsaturated/α-hetero) is 1. The van der Waals surface area contributed by atoms with Gasteiger partial charge >= 0.3 is 17.1 Å². The lowest BCUT2D eigenvalue weighted by atomic mass is 10.2. The van der Waals surface area contributed by atoms with Gasteiger partial charge in [-0.1, -0.05) is 89.4 Å². The number of nitrogens with zero attached hydrogens (tertiary/aromatic N) is 7. The van der Waals surface area contributed by atoms with E-state index in [-0.39, 0.29) is 34.8 Å². The summed E-state index contributed by atoms with van der Waals surface area (Å²) in [7, 11) is 3.30. The molecule has 1 atom stereocenters. The minimum Gasteiger partial charge on any atom is -0.343 e. The summed E-state index contributed by atoms with van der Waals surface area (Å²) >= 11 is 18.2. The smallest absolute Gasteiger partial charge is 0.339 e. The van der Waals surface area contributed by atoms with E-state index in [0.29, 0.717) is 49.3 Å². The van der Waals surface area contributed by atoms with E-state index in [4.69, 9.17) is 40.5 Å². The minimum atomic E-state index is -0.371. The van der Waals surface area contributed by atoms with Gasteiger partial charge in [0.2, 0.25) is 0 Å². The lowest BCUT2D eigenvalue weighted by Crippen LogP contribution is -2.33. The summed E-state index contributed by atoms with van der Waals surface area (Å²) in [5.41, 5.74) is 10.4. The van der Waals surface area contributed by atoms with Crippen LogP contribution >= 0.6 is 34.8 Å². The predicted molar refractivity (Wildman–Crippen MR) is 245 cm³/mol. The van der Waals surface area contributed by atoms with E-state index in [9.17, 15) is 24.0 Å². The molecule has 0 aliphatic rings. The molecule has 1 unspecified atom stereocenters. The van der Waals surface area contributed by atoms with Crippen molar-refractivity contribution in [3.63, 3.8) is 0 Å². The van der Waals surface area contributed by atoms with Gasteiger partial charge in [0.15, 0.2) is 5.78 Å². The standard InChI is InChI=1S/C16H14ClN3O2.C15H14ClN3O.C15H11ClN2O2/c1-18(2)15(21)13-10-12-8-9-14(17)20(12)16(22)19(13)11-6-4-3-5-7-11;1-10(17)13-9-12-7-8-14(16)19(12)15(20)18(13)11-5-3-2-4-6-11;1-10(19)13-9-12-7-8-14(16)18(12)15(20)17(13)11-5-3-2-4-6-11/h3-10H,1-2H3;2-10H,17H2,1H3;2-9H,1H3. The van der Waals surface area contributed by atoms with Crippen LogP contribution in [0.25, 0.3) is 33.6 Å². The topological polar surface area (TPSA) is 143 Å². The molecule has 9 rings (SSSR count). The molecule has 0 spiro atoms. The molecular weight excluding hydrogens is 851 g/mol. The van der Waals surface area contributed by atoms with Crippen molar-refractivity contribution in [3.8, 4) is 17.1 Å². The number of halogens is 3. The van der Waals surface area contributed by atoms with Crippen molar-refractivity contribution in [2.24, 2.45) is 5.73 Å². The summed E-state index contributed by atoms with van der Waals surface area (Å²) < 4.78 is 8.58. The minimum absolute atomic E-state index is 0.175. The Labute approximate surface area is 369 Å². The Kier molecular flexibility index (Phi) is 12.5. The second kappa shape index (κ2) is 18.0. The molecule has 0 fully saturated rings. The third kappa shape index (κ3) is 8.26. The Morgan fingerprint density at radius 2 is 0.855 bits per heavy atom. The van der Waals surface area contributed by atoms with Gasteiger partial charge in [-0.15, -0.1) is 0 Å². The quantitative estimate of drug-likeness (QED) is 0.167. The number of hydrogen-bond donors (Lipinski definition) is 1. The predicted octanol–water partition coefficient (Wildman–Crippen LogP) is 8.15. The highest BCUT2D eigenvalue weighted by Crippen LogP contribution is 2.21.